The predicted octanol–water partition coefficient (Wildman–Crippen LogP) is 1.72. The maximum atomic E-state index is 9.97. The molecule has 1 aliphatic rings. The van der Waals surface area contributed by atoms with E-state index in [2.05, 4.69) is 5.32 Å². The molecular formula is C16H26N2O3. The van der Waals surface area contributed by atoms with Crippen molar-refractivity contribution in [3.8, 4) is 0 Å². The van der Waals surface area contributed by atoms with Gasteiger partial charge in [0, 0.05) is 27.2 Å². The summed E-state index contributed by atoms with van der Waals surface area (Å²) in [4.78, 5) is 2.04. The molecule has 0 aromatic heterocycles. The molecule has 1 saturated heterocycles. The lowest BCUT2D eigenvalue weighted by atomic mass is 10.2. The van der Waals surface area contributed by atoms with Crippen molar-refractivity contribution in [1.82, 2.24) is 0 Å². The lowest BCUT2D eigenvalue weighted by Crippen LogP contribution is -2.27. The molecule has 2 rings (SSSR count). The maximum absolute atomic E-state index is 9.97. The van der Waals surface area contributed by atoms with Crippen LogP contribution < -0.4 is 10.2 Å². The molecule has 1 aliphatic heterocycles. The molecule has 1 fully saturated rings. The van der Waals surface area contributed by atoms with Crippen molar-refractivity contribution >= 4 is 11.4 Å². The fraction of sp³-hybridized carbons (Fsp3) is 0.625. The van der Waals surface area contributed by atoms with Crippen LogP contribution in [0, 0.1) is 0 Å². The van der Waals surface area contributed by atoms with Crippen molar-refractivity contribution in [2.24, 2.45) is 0 Å². The lowest BCUT2D eigenvalue weighted by Gasteiger charge is -2.20. The van der Waals surface area contributed by atoms with Crippen LogP contribution in [0.4, 0.5) is 11.4 Å². The highest BCUT2D eigenvalue weighted by Crippen LogP contribution is 2.23. The van der Waals surface area contributed by atoms with Gasteiger partial charge < -0.3 is 24.8 Å². The number of anilines is 2. The van der Waals surface area contributed by atoms with Crippen LogP contribution in [0.15, 0.2) is 24.3 Å². The lowest BCUT2D eigenvalue weighted by molar-refractivity contribution is -0.0137. The summed E-state index contributed by atoms with van der Waals surface area (Å²) in [6.45, 7) is 2.21. The van der Waals surface area contributed by atoms with E-state index in [1.807, 2.05) is 43.3 Å². The van der Waals surface area contributed by atoms with Gasteiger partial charge in [-0.2, -0.15) is 0 Å². The van der Waals surface area contributed by atoms with Crippen molar-refractivity contribution < 1.29 is 14.6 Å². The van der Waals surface area contributed by atoms with Gasteiger partial charge in [0.1, 0.15) is 0 Å². The molecule has 0 radical (unpaired) electrons. The normalized spacial score (nSPS) is 19.5. The van der Waals surface area contributed by atoms with Gasteiger partial charge >= 0.3 is 0 Å². The molecule has 0 aliphatic carbocycles. The second-order valence-corrected chi connectivity index (χ2v) is 5.62. The van der Waals surface area contributed by atoms with E-state index in [1.165, 1.54) is 0 Å². The van der Waals surface area contributed by atoms with E-state index in [-0.39, 0.29) is 6.10 Å². The number of ether oxygens (including phenoxy) is 2. The number of hydrogen-bond donors (Lipinski definition) is 2. The summed E-state index contributed by atoms with van der Waals surface area (Å²) in [7, 11) is 4.00. The molecule has 0 bridgehead atoms. The molecule has 1 aromatic carbocycles. The Balaban J connectivity index is 1.69. The zero-order valence-electron chi connectivity index (χ0n) is 12.9. The van der Waals surface area contributed by atoms with Crippen molar-refractivity contribution in [3.63, 3.8) is 0 Å². The highest BCUT2D eigenvalue weighted by molar-refractivity contribution is 5.69. The van der Waals surface area contributed by atoms with Crippen LogP contribution >= 0.6 is 0 Å². The van der Waals surface area contributed by atoms with Crippen LogP contribution in [-0.2, 0) is 9.47 Å². The molecule has 2 unspecified atom stereocenters. The first-order chi connectivity index (χ1) is 10.2. The Labute approximate surface area is 126 Å². The first-order valence-corrected chi connectivity index (χ1v) is 7.54. The summed E-state index contributed by atoms with van der Waals surface area (Å²) < 4.78 is 11.0. The summed E-state index contributed by atoms with van der Waals surface area (Å²) in [5, 5.41) is 13.2. The highest BCUT2D eigenvalue weighted by atomic mass is 16.5. The number of nitrogens with zero attached hydrogens (tertiary/aromatic N) is 1. The molecular weight excluding hydrogens is 268 g/mol. The SMILES string of the molecule is CN(C)c1ccccc1NCC(O)COCC1CCCO1. The van der Waals surface area contributed by atoms with E-state index < -0.39 is 6.10 Å². The minimum absolute atomic E-state index is 0.208. The number of aliphatic hydroxyl groups excluding tert-OH is 1. The fourth-order valence-electron chi connectivity index (χ4n) is 2.41. The Bertz CT molecular complexity index is 420. The van der Waals surface area contributed by atoms with Gasteiger partial charge in [-0.1, -0.05) is 12.1 Å². The second-order valence-electron chi connectivity index (χ2n) is 5.62. The first-order valence-electron chi connectivity index (χ1n) is 7.54. The Morgan fingerprint density at radius 2 is 2.24 bits per heavy atom. The van der Waals surface area contributed by atoms with Crippen LogP contribution in [0.1, 0.15) is 12.8 Å². The Hall–Kier alpha value is -1.30. The van der Waals surface area contributed by atoms with Gasteiger partial charge in [-0.25, -0.2) is 0 Å². The van der Waals surface area contributed by atoms with Crippen LogP contribution in [0.25, 0.3) is 0 Å². The van der Waals surface area contributed by atoms with Crippen LogP contribution in [0.3, 0.4) is 0 Å². The largest absolute Gasteiger partial charge is 0.389 e. The minimum atomic E-state index is -0.526. The van der Waals surface area contributed by atoms with Gasteiger partial charge in [0.15, 0.2) is 0 Å². The summed E-state index contributed by atoms with van der Waals surface area (Å²) in [6, 6.07) is 8.04. The van der Waals surface area contributed by atoms with Gasteiger partial charge in [-0.3, -0.25) is 0 Å². The van der Waals surface area contributed by atoms with E-state index in [4.69, 9.17) is 9.47 Å². The van der Waals surface area contributed by atoms with E-state index in [0.29, 0.717) is 19.8 Å². The van der Waals surface area contributed by atoms with E-state index >= 15 is 0 Å². The average Bonchev–Trinajstić information content (AvgIpc) is 2.98. The molecule has 5 nitrogen and oxygen atoms in total. The maximum Gasteiger partial charge on any atom is 0.0945 e. The quantitative estimate of drug-likeness (QED) is 0.764. The molecule has 0 spiro atoms. The van der Waals surface area contributed by atoms with Gasteiger partial charge in [0.25, 0.3) is 0 Å². The third-order valence-electron chi connectivity index (χ3n) is 3.55. The molecule has 0 saturated carbocycles. The van der Waals surface area contributed by atoms with Crippen LogP contribution in [0.5, 0.6) is 0 Å². The van der Waals surface area contributed by atoms with Crippen molar-refractivity contribution in [2.75, 3.05) is 50.7 Å². The fourth-order valence-corrected chi connectivity index (χ4v) is 2.41. The van der Waals surface area contributed by atoms with E-state index in [0.717, 1.165) is 30.8 Å². The number of benzene rings is 1. The van der Waals surface area contributed by atoms with E-state index in [9.17, 15) is 5.11 Å². The molecule has 2 atom stereocenters. The van der Waals surface area contributed by atoms with Crippen LogP contribution in [0.2, 0.25) is 0 Å². The Morgan fingerprint density at radius 3 is 2.95 bits per heavy atom. The second kappa shape index (κ2) is 8.22. The summed E-state index contributed by atoms with van der Waals surface area (Å²) in [5.41, 5.74) is 2.12. The predicted molar refractivity (Wildman–Crippen MR) is 85.1 cm³/mol. The Kier molecular flexibility index (Phi) is 6.29. The molecule has 5 heteroatoms. The topological polar surface area (TPSA) is 54.0 Å². The minimum Gasteiger partial charge on any atom is -0.389 e. The number of para-hydroxylation sites is 2. The van der Waals surface area contributed by atoms with Gasteiger partial charge in [-0.15, -0.1) is 0 Å². The molecule has 2 N–H and O–H groups in total. The zero-order chi connectivity index (χ0) is 15.1. The third kappa shape index (κ3) is 5.19. The summed E-state index contributed by atoms with van der Waals surface area (Å²) >= 11 is 0. The molecule has 118 valence electrons. The average molecular weight is 294 g/mol. The van der Waals surface area contributed by atoms with Gasteiger partial charge in [0.2, 0.25) is 0 Å². The van der Waals surface area contributed by atoms with Crippen molar-refractivity contribution in [1.29, 1.82) is 0 Å². The number of nitrogens with one attached hydrogen (secondary N) is 1. The van der Waals surface area contributed by atoms with Gasteiger partial charge in [-0.05, 0) is 25.0 Å². The van der Waals surface area contributed by atoms with Crippen LogP contribution in [-0.4, -0.2) is 57.8 Å². The Morgan fingerprint density at radius 1 is 1.43 bits per heavy atom. The standard InChI is InChI=1S/C16H26N2O3/c1-18(2)16-8-4-3-7-15(16)17-10-13(19)11-20-12-14-6-5-9-21-14/h3-4,7-8,13-14,17,19H,5-6,9-12H2,1-2H3. The molecule has 1 heterocycles. The first kappa shape index (κ1) is 16.1. The highest BCUT2D eigenvalue weighted by Gasteiger charge is 2.16. The van der Waals surface area contributed by atoms with Crippen molar-refractivity contribution in [3.05, 3.63) is 24.3 Å². The van der Waals surface area contributed by atoms with Gasteiger partial charge in [0.05, 0.1) is 36.8 Å². The molecule has 0 amide bonds. The molecule has 21 heavy (non-hydrogen) atoms. The summed E-state index contributed by atoms with van der Waals surface area (Å²) in [6.07, 6.45) is 1.85. The third-order valence-corrected chi connectivity index (χ3v) is 3.55. The smallest absolute Gasteiger partial charge is 0.0945 e. The number of hydrogen-bond acceptors (Lipinski definition) is 5. The van der Waals surface area contributed by atoms with Crippen molar-refractivity contribution in [2.45, 2.75) is 25.0 Å². The zero-order valence-corrected chi connectivity index (χ0v) is 12.9. The number of aliphatic hydroxyl groups is 1. The molecule has 1 aromatic rings. The summed E-state index contributed by atoms with van der Waals surface area (Å²) in [5.74, 6) is 0. The number of rotatable bonds is 8. The van der Waals surface area contributed by atoms with E-state index in [1.54, 1.807) is 0 Å². The monoisotopic (exact) mass is 294 g/mol.